The van der Waals surface area contributed by atoms with Gasteiger partial charge in [0.05, 0.1) is 30.2 Å². The van der Waals surface area contributed by atoms with Gasteiger partial charge in [-0.1, -0.05) is 41.0 Å². The van der Waals surface area contributed by atoms with Crippen molar-refractivity contribution in [3.05, 3.63) is 100 Å². The van der Waals surface area contributed by atoms with Crippen molar-refractivity contribution in [3.8, 4) is 17.6 Å². The van der Waals surface area contributed by atoms with Gasteiger partial charge in [-0.05, 0) is 54.1 Å². The Morgan fingerprint density at radius 3 is 2.85 bits per heavy atom. The number of benzene rings is 3. The maximum absolute atomic E-state index is 13.4. The lowest BCUT2D eigenvalue weighted by molar-refractivity contribution is 0.306. The average molecular weight is 544 g/mol. The zero-order valence-electron chi connectivity index (χ0n) is 20.6. The van der Waals surface area contributed by atoms with Crippen LogP contribution in [0.3, 0.4) is 0 Å². The van der Waals surface area contributed by atoms with E-state index in [0.29, 0.717) is 27.8 Å². The Kier molecular flexibility index (Phi) is 9.46. The highest BCUT2D eigenvalue weighted by atomic mass is 35.5. The number of aromatic nitrogens is 2. The van der Waals surface area contributed by atoms with E-state index in [0.717, 1.165) is 16.5 Å². The predicted octanol–water partition coefficient (Wildman–Crippen LogP) is 4.46. The molecule has 0 saturated carbocycles. The number of aliphatic hydroxyl groups is 1. The molecule has 0 atom stereocenters. The molecule has 0 saturated heterocycles. The summed E-state index contributed by atoms with van der Waals surface area (Å²) in [6.45, 7) is 7.38. The molecule has 0 spiro atoms. The summed E-state index contributed by atoms with van der Waals surface area (Å²) >= 11 is 6.44. The summed E-state index contributed by atoms with van der Waals surface area (Å²) in [5.41, 5.74) is 5.26. The second-order valence-electron chi connectivity index (χ2n) is 7.98. The third-order valence-electron chi connectivity index (χ3n) is 5.22. The van der Waals surface area contributed by atoms with Crippen molar-refractivity contribution in [3.63, 3.8) is 0 Å². The minimum Gasteiger partial charge on any atom is -0.487 e. The Bertz CT molecular complexity index is 1590. The molecule has 39 heavy (non-hydrogen) atoms. The molecule has 4 aromatic rings. The first-order valence-electron chi connectivity index (χ1n) is 11.7. The molecule has 0 unspecified atom stereocenters. The van der Waals surface area contributed by atoms with Crippen LogP contribution in [0.5, 0.6) is 5.75 Å². The normalized spacial score (nSPS) is 10.8. The molecule has 4 rings (SSSR count). The van der Waals surface area contributed by atoms with Crippen LogP contribution in [0.25, 0.3) is 15.9 Å². The molecule has 0 aliphatic carbocycles. The number of fused-ring (bicyclic) bond motifs is 1. The number of rotatable bonds is 8. The molecular formula is C28H23ClFN7O2. The highest BCUT2D eigenvalue weighted by Gasteiger charge is 2.08. The quantitative estimate of drug-likeness (QED) is 0.0854. The van der Waals surface area contributed by atoms with Gasteiger partial charge in [0, 0.05) is 16.6 Å². The molecule has 0 aliphatic heterocycles. The van der Waals surface area contributed by atoms with Crippen LogP contribution in [0.4, 0.5) is 15.9 Å². The van der Waals surface area contributed by atoms with Gasteiger partial charge in [-0.15, -0.1) is 0 Å². The molecule has 11 heteroatoms. The van der Waals surface area contributed by atoms with Gasteiger partial charge in [0.1, 0.15) is 30.3 Å². The van der Waals surface area contributed by atoms with E-state index in [1.165, 1.54) is 18.5 Å². The fourth-order valence-corrected chi connectivity index (χ4v) is 3.71. The molecule has 0 amide bonds. The smallest absolute Gasteiger partial charge is 0.263 e. The maximum atomic E-state index is 13.4. The molecule has 0 aliphatic rings. The topological polar surface area (TPSA) is 108 Å². The van der Waals surface area contributed by atoms with E-state index in [9.17, 15) is 4.39 Å². The summed E-state index contributed by atoms with van der Waals surface area (Å²) in [7, 11) is 0. The summed E-state index contributed by atoms with van der Waals surface area (Å²) < 4.78 is 19.2. The predicted molar refractivity (Wildman–Crippen MR) is 149 cm³/mol. The van der Waals surface area contributed by atoms with Gasteiger partial charge in [0.15, 0.2) is 0 Å². The van der Waals surface area contributed by atoms with E-state index in [2.05, 4.69) is 47.8 Å². The van der Waals surface area contributed by atoms with E-state index in [1.54, 1.807) is 24.3 Å². The Balaban J connectivity index is 1.45. The van der Waals surface area contributed by atoms with E-state index in [-0.39, 0.29) is 38.1 Å². The van der Waals surface area contributed by atoms with Crippen LogP contribution in [0.2, 0.25) is 5.02 Å². The highest BCUT2D eigenvalue weighted by Crippen LogP contribution is 2.31. The highest BCUT2D eigenvalue weighted by molar-refractivity contribution is 6.32. The average Bonchev–Trinajstić information content (AvgIpc) is 2.94. The van der Waals surface area contributed by atoms with Crippen LogP contribution in [-0.2, 0) is 6.61 Å². The van der Waals surface area contributed by atoms with Crippen molar-refractivity contribution in [1.82, 2.24) is 20.7 Å². The van der Waals surface area contributed by atoms with Gasteiger partial charge in [0.25, 0.3) is 5.96 Å². The number of nitrogens with zero attached hydrogens (tertiary/aromatic N) is 4. The van der Waals surface area contributed by atoms with E-state index >= 15 is 0 Å². The van der Waals surface area contributed by atoms with Crippen molar-refractivity contribution >= 4 is 40.0 Å². The summed E-state index contributed by atoms with van der Waals surface area (Å²) in [6.07, 6.45) is 1.47. The lowest BCUT2D eigenvalue weighted by Gasteiger charge is -2.12. The summed E-state index contributed by atoms with van der Waals surface area (Å²) in [5, 5.41) is 16.2. The molecular weight excluding hydrogens is 521 g/mol. The molecule has 0 fully saturated rings. The number of halogens is 2. The molecule has 1 aromatic heterocycles. The number of guanidine groups is 1. The number of nitrogens with one attached hydrogen (secondary N) is 3. The van der Waals surface area contributed by atoms with Crippen molar-refractivity contribution < 1.29 is 14.2 Å². The largest absolute Gasteiger partial charge is 0.487 e. The molecule has 0 bridgehead atoms. The second kappa shape index (κ2) is 13.6. The SMILES string of the molecule is [C-]#[N+]NC(=NCCO)NCC#Cc1ccc2ncnc(Nc3ccc(OCc4cccc(F)c4)c(Cl)c3)c2c1. The summed E-state index contributed by atoms with van der Waals surface area (Å²) in [5.74, 6) is 7.01. The lowest BCUT2D eigenvalue weighted by atomic mass is 10.1. The molecule has 0 radical (unpaired) electrons. The van der Waals surface area contributed by atoms with Crippen LogP contribution in [-0.4, -0.2) is 40.7 Å². The van der Waals surface area contributed by atoms with Crippen molar-refractivity contribution in [2.45, 2.75) is 6.61 Å². The van der Waals surface area contributed by atoms with Gasteiger partial charge in [0.2, 0.25) is 0 Å². The monoisotopic (exact) mass is 543 g/mol. The van der Waals surface area contributed by atoms with Crippen LogP contribution < -0.4 is 20.8 Å². The van der Waals surface area contributed by atoms with Crippen LogP contribution >= 0.6 is 11.6 Å². The number of anilines is 2. The summed E-state index contributed by atoms with van der Waals surface area (Å²) in [6, 6.07) is 17.0. The zero-order valence-corrected chi connectivity index (χ0v) is 21.3. The van der Waals surface area contributed by atoms with Gasteiger partial charge in [-0.25, -0.2) is 19.4 Å². The van der Waals surface area contributed by atoms with Crippen molar-refractivity contribution in [1.29, 1.82) is 0 Å². The first-order valence-corrected chi connectivity index (χ1v) is 12.1. The fraction of sp³-hybridized carbons (Fsp3) is 0.143. The van der Waals surface area contributed by atoms with Crippen molar-refractivity contribution in [2.24, 2.45) is 4.99 Å². The van der Waals surface area contributed by atoms with Gasteiger partial charge in [-0.3, -0.25) is 0 Å². The first kappa shape index (κ1) is 27.1. The molecule has 3 aromatic carbocycles. The van der Waals surface area contributed by atoms with E-state index < -0.39 is 0 Å². The Morgan fingerprint density at radius 1 is 1.15 bits per heavy atom. The van der Waals surface area contributed by atoms with Crippen LogP contribution in [0.1, 0.15) is 11.1 Å². The first-order chi connectivity index (χ1) is 19.1. The molecule has 4 N–H and O–H groups in total. The zero-order chi connectivity index (χ0) is 27.5. The molecule has 1 heterocycles. The number of hydrogen-bond donors (Lipinski definition) is 4. The van der Waals surface area contributed by atoms with Gasteiger partial charge in [-0.2, -0.15) is 11.5 Å². The Labute approximate surface area is 229 Å². The van der Waals surface area contributed by atoms with Crippen LogP contribution in [0, 0.1) is 24.2 Å². The summed E-state index contributed by atoms with van der Waals surface area (Å²) in [4.78, 5) is 15.8. The fourth-order valence-electron chi connectivity index (χ4n) is 3.47. The second-order valence-corrected chi connectivity index (χ2v) is 8.38. The number of hydrogen-bond acceptors (Lipinski definition) is 6. The Hall–Kier alpha value is -4.90. The van der Waals surface area contributed by atoms with Gasteiger partial charge >= 0.3 is 0 Å². The maximum Gasteiger partial charge on any atom is 0.263 e. The number of aliphatic imine (C=N–C) groups is 1. The van der Waals surface area contributed by atoms with Crippen molar-refractivity contribution in [2.75, 3.05) is 25.0 Å². The standard InChI is InChI=1S/C28H23ClFN7O2/c1-31-37-28(33-12-13-38)32-11-3-5-19-7-9-25-23(15-19)27(35-18-34-25)36-22-8-10-26(24(29)16-22)39-17-20-4-2-6-21(30)14-20/h2,4,6-10,14-16,18,38H,11-13,17H2,(H2,32,33,37)(H,34,35,36). The lowest BCUT2D eigenvalue weighted by Crippen LogP contribution is -2.34. The van der Waals surface area contributed by atoms with E-state index in [1.807, 2.05) is 24.3 Å². The number of aliphatic hydroxyl groups excluding tert-OH is 1. The van der Waals surface area contributed by atoms with E-state index in [4.69, 9.17) is 28.0 Å². The number of ether oxygens (including phenoxy) is 1. The minimum absolute atomic E-state index is 0.118. The Morgan fingerprint density at radius 2 is 2.05 bits per heavy atom. The van der Waals surface area contributed by atoms with Crippen LogP contribution in [0.15, 0.2) is 72.0 Å². The third kappa shape index (κ3) is 7.79. The third-order valence-corrected chi connectivity index (χ3v) is 5.52. The van der Waals surface area contributed by atoms with Gasteiger partial charge < -0.3 is 20.5 Å². The minimum atomic E-state index is -0.323. The molecule has 9 nitrogen and oxygen atoms in total. The molecule has 196 valence electrons.